The van der Waals surface area contributed by atoms with Crippen molar-refractivity contribution in [2.75, 3.05) is 26.2 Å². The van der Waals surface area contributed by atoms with Gasteiger partial charge in [0.25, 0.3) is 10.0 Å². The summed E-state index contributed by atoms with van der Waals surface area (Å²) in [6.45, 7) is 4.10. The number of nitrogens with zero attached hydrogens (tertiary/aromatic N) is 5. The predicted octanol–water partition coefficient (Wildman–Crippen LogP) is 1.26. The van der Waals surface area contributed by atoms with Gasteiger partial charge >= 0.3 is 5.69 Å². The zero-order valence-electron chi connectivity index (χ0n) is 14.8. The molecule has 1 fully saturated rings. The van der Waals surface area contributed by atoms with Crippen molar-refractivity contribution in [2.24, 2.45) is 0 Å². The minimum Gasteiger partial charge on any atom is -0.338 e. The summed E-state index contributed by atoms with van der Waals surface area (Å²) in [5, 5.41) is 16.6. The SMILES string of the molecule is Cc1c([N+](=O)[O-])cnn1C(C)C(=O)N1CCN(S(=O)(=O)c2cccs2)CC1. The minimum absolute atomic E-state index is 0.137. The van der Waals surface area contributed by atoms with E-state index >= 15 is 0 Å². The van der Waals surface area contributed by atoms with E-state index in [1.165, 1.54) is 8.99 Å². The van der Waals surface area contributed by atoms with Gasteiger partial charge in [0.1, 0.15) is 22.1 Å². The van der Waals surface area contributed by atoms with Crippen molar-refractivity contribution in [1.82, 2.24) is 19.0 Å². The van der Waals surface area contributed by atoms with Gasteiger partial charge in [0.15, 0.2) is 0 Å². The van der Waals surface area contributed by atoms with Crippen molar-refractivity contribution in [3.63, 3.8) is 0 Å². The maximum atomic E-state index is 12.7. The number of carbonyl (C=O) groups excluding carboxylic acids is 1. The Bertz CT molecular complexity index is 945. The van der Waals surface area contributed by atoms with E-state index in [9.17, 15) is 23.3 Å². The van der Waals surface area contributed by atoms with Crippen molar-refractivity contribution in [1.29, 1.82) is 0 Å². The average molecular weight is 413 g/mol. The number of piperazine rings is 1. The number of rotatable bonds is 5. The second kappa shape index (κ2) is 7.37. The van der Waals surface area contributed by atoms with Crippen molar-refractivity contribution in [3.05, 3.63) is 39.5 Å². The Labute approximate surface area is 160 Å². The fraction of sp³-hybridized carbons (Fsp3) is 0.467. The summed E-state index contributed by atoms with van der Waals surface area (Å²) >= 11 is 1.16. The van der Waals surface area contributed by atoms with E-state index in [1.807, 2.05) is 0 Å². The maximum Gasteiger partial charge on any atom is 0.309 e. The molecule has 0 bridgehead atoms. The highest BCUT2D eigenvalue weighted by Gasteiger charge is 2.33. The van der Waals surface area contributed by atoms with Gasteiger partial charge in [-0.15, -0.1) is 11.3 Å². The van der Waals surface area contributed by atoms with Gasteiger partial charge < -0.3 is 4.90 Å². The van der Waals surface area contributed by atoms with E-state index in [0.717, 1.165) is 17.5 Å². The van der Waals surface area contributed by atoms with Crippen LogP contribution in [0.15, 0.2) is 27.9 Å². The molecule has 10 nitrogen and oxygen atoms in total. The Morgan fingerprint density at radius 2 is 2.00 bits per heavy atom. The molecule has 1 amide bonds. The van der Waals surface area contributed by atoms with Gasteiger partial charge in [-0.25, -0.2) is 8.42 Å². The molecule has 0 spiro atoms. The molecule has 27 heavy (non-hydrogen) atoms. The molecule has 146 valence electrons. The van der Waals surface area contributed by atoms with Crippen LogP contribution in [0.4, 0.5) is 5.69 Å². The normalized spacial score (nSPS) is 17.0. The van der Waals surface area contributed by atoms with Crippen LogP contribution in [0.25, 0.3) is 0 Å². The van der Waals surface area contributed by atoms with Crippen LogP contribution in [-0.4, -0.2) is 64.4 Å². The van der Waals surface area contributed by atoms with Crippen molar-refractivity contribution < 1.29 is 18.1 Å². The standard InChI is InChI=1S/C15H19N5O5S2/c1-11-13(20(22)23)10-16-19(11)12(2)15(21)17-5-7-18(8-6-17)27(24,25)14-4-3-9-26-14/h3-4,9-10,12H,5-8H2,1-2H3. The summed E-state index contributed by atoms with van der Waals surface area (Å²) < 4.78 is 28.1. The zero-order valence-corrected chi connectivity index (χ0v) is 16.4. The van der Waals surface area contributed by atoms with Crippen LogP contribution in [0.2, 0.25) is 0 Å². The van der Waals surface area contributed by atoms with Gasteiger partial charge in [-0.2, -0.15) is 9.40 Å². The molecular weight excluding hydrogens is 394 g/mol. The number of nitro groups is 1. The molecule has 1 saturated heterocycles. The molecule has 3 heterocycles. The van der Waals surface area contributed by atoms with Crippen LogP contribution in [0, 0.1) is 17.0 Å². The molecule has 2 aromatic heterocycles. The van der Waals surface area contributed by atoms with Crippen LogP contribution in [-0.2, 0) is 14.8 Å². The molecule has 3 rings (SSSR count). The summed E-state index contributed by atoms with van der Waals surface area (Å²) in [4.78, 5) is 24.7. The molecule has 0 aliphatic carbocycles. The number of carbonyl (C=O) groups is 1. The molecule has 0 N–H and O–H groups in total. The number of sulfonamides is 1. The first-order chi connectivity index (χ1) is 12.7. The lowest BCUT2D eigenvalue weighted by Crippen LogP contribution is -2.51. The Kier molecular flexibility index (Phi) is 5.31. The molecule has 0 aromatic carbocycles. The molecule has 1 unspecified atom stereocenters. The van der Waals surface area contributed by atoms with Gasteiger partial charge in [0, 0.05) is 26.2 Å². The van der Waals surface area contributed by atoms with E-state index in [4.69, 9.17) is 0 Å². The third-order valence-corrected chi connectivity index (χ3v) is 7.85. The van der Waals surface area contributed by atoms with Crippen LogP contribution < -0.4 is 0 Å². The highest BCUT2D eigenvalue weighted by atomic mass is 32.2. The van der Waals surface area contributed by atoms with Gasteiger partial charge in [-0.3, -0.25) is 19.6 Å². The first-order valence-corrected chi connectivity index (χ1v) is 10.6. The number of hydrogen-bond donors (Lipinski definition) is 0. The lowest BCUT2D eigenvalue weighted by atomic mass is 10.2. The van der Waals surface area contributed by atoms with E-state index in [0.29, 0.717) is 5.69 Å². The van der Waals surface area contributed by atoms with E-state index in [-0.39, 0.29) is 42.0 Å². The third-order valence-electron chi connectivity index (χ3n) is 4.58. The number of thiophene rings is 1. The van der Waals surface area contributed by atoms with Crippen molar-refractivity contribution in [3.8, 4) is 0 Å². The molecule has 1 aliphatic rings. The van der Waals surface area contributed by atoms with Gasteiger partial charge in [0.2, 0.25) is 5.91 Å². The molecule has 2 aromatic rings. The third kappa shape index (κ3) is 3.59. The summed E-state index contributed by atoms with van der Waals surface area (Å²) in [6, 6.07) is 2.54. The molecule has 0 radical (unpaired) electrons. The Hall–Kier alpha value is -2.31. The highest BCUT2D eigenvalue weighted by molar-refractivity contribution is 7.91. The summed E-state index contributed by atoms with van der Waals surface area (Å²) in [7, 11) is -3.53. The lowest BCUT2D eigenvalue weighted by Gasteiger charge is -2.35. The van der Waals surface area contributed by atoms with Crippen LogP contribution in [0.3, 0.4) is 0 Å². The summed E-state index contributed by atoms with van der Waals surface area (Å²) in [6.07, 6.45) is 1.13. The Morgan fingerprint density at radius 1 is 1.33 bits per heavy atom. The molecular formula is C15H19N5O5S2. The summed E-state index contributed by atoms with van der Waals surface area (Å²) in [5.74, 6) is -0.246. The zero-order chi connectivity index (χ0) is 19.8. The smallest absolute Gasteiger partial charge is 0.309 e. The maximum absolute atomic E-state index is 12.7. The van der Waals surface area contributed by atoms with Gasteiger partial charge in [0.05, 0.1) is 4.92 Å². The first kappa shape index (κ1) is 19.5. The van der Waals surface area contributed by atoms with Crippen LogP contribution in [0.5, 0.6) is 0 Å². The summed E-state index contributed by atoms with van der Waals surface area (Å²) in [5.41, 5.74) is 0.168. The number of hydrogen-bond acceptors (Lipinski definition) is 7. The minimum atomic E-state index is -3.53. The quantitative estimate of drug-likeness (QED) is 0.538. The monoisotopic (exact) mass is 413 g/mol. The Morgan fingerprint density at radius 3 is 2.52 bits per heavy atom. The van der Waals surface area contributed by atoms with E-state index in [2.05, 4.69) is 5.10 Å². The van der Waals surface area contributed by atoms with Crippen molar-refractivity contribution >= 4 is 33.0 Å². The van der Waals surface area contributed by atoms with Gasteiger partial charge in [-0.1, -0.05) is 6.07 Å². The first-order valence-electron chi connectivity index (χ1n) is 8.24. The fourth-order valence-corrected chi connectivity index (χ4v) is 5.61. The predicted molar refractivity (Wildman–Crippen MR) is 98.0 cm³/mol. The molecule has 12 heteroatoms. The molecule has 1 aliphatic heterocycles. The second-order valence-corrected chi connectivity index (χ2v) is 9.27. The number of amides is 1. The largest absolute Gasteiger partial charge is 0.338 e. The van der Waals surface area contributed by atoms with Gasteiger partial charge in [-0.05, 0) is 25.3 Å². The van der Waals surface area contributed by atoms with E-state index < -0.39 is 21.0 Å². The number of aromatic nitrogens is 2. The average Bonchev–Trinajstić information content (AvgIpc) is 3.30. The Balaban J connectivity index is 1.67. The molecule has 1 atom stereocenters. The topological polar surface area (TPSA) is 119 Å². The highest BCUT2D eigenvalue weighted by Crippen LogP contribution is 2.24. The fourth-order valence-electron chi connectivity index (χ4n) is 3.04. The second-order valence-electron chi connectivity index (χ2n) is 6.15. The van der Waals surface area contributed by atoms with Crippen LogP contribution in [0.1, 0.15) is 18.7 Å². The van der Waals surface area contributed by atoms with Crippen LogP contribution >= 0.6 is 11.3 Å². The van der Waals surface area contributed by atoms with E-state index in [1.54, 1.807) is 36.3 Å². The molecule has 0 saturated carbocycles. The van der Waals surface area contributed by atoms with Crippen molar-refractivity contribution in [2.45, 2.75) is 24.1 Å². The lowest BCUT2D eigenvalue weighted by molar-refractivity contribution is -0.385.